The highest BCUT2D eigenvalue weighted by atomic mass is 35.6. The summed E-state index contributed by atoms with van der Waals surface area (Å²) in [6, 6.07) is 9.08. The molecule has 6 atom stereocenters. The molecule has 2 fully saturated rings. The van der Waals surface area contributed by atoms with Gasteiger partial charge in [0, 0.05) is 18.9 Å². The van der Waals surface area contributed by atoms with Gasteiger partial charge in [0.25, 0.3) is 0 Å². The number of Topliss-reactive ketones (excluding diaryl/α,β-unsaturated/α-hetero) is 1. The van der Waals surface area contributed by atoms with E-state index in [4.69, 9.17) is 44.3 Å². The zero-order valence-electron chi connectivity index (χ0n) is 21.5. The number of carbonyl (C=O) groups excluding carboxylic acids is 2. The van der Waals surface area contributed by atoms with Crippen molar-refractivity contribution in [2.24, 2.45) is 35.0 Å². The molecule has 4 nitrogen and oxygen atoms in total. The van der Waals surface area contributed by atoms with Crippen molar-refractivity contribution in [3.63, 3.8) is 0 Å². The number of fused-ring (bicyclic) bond motifs is 1. The summed E-state index contributed by atoms with van der Waals surface area (Å²) in [6.07, 6.45) is 3.68. The van der Waals surface area contributed by atoms with Crippen LogP contribution in [0.2, 0.25) is 0 Å². The quantitative estimate of drug-likeness (QED) is 0.160. The van der Waals surface area contributed by atoms with Crippen LogP contribution in [-0.2, 0) is 19.1 Å². The van der Waals surface area contributed by atoms with Crippen molar-refractivity contribution < 1.29 is 23.5 Å². The third-order valence-corrected chi connectivity index (χ3v) is 8.49. The zero-order valence-corrected chi connectivity index (χ0v) is 23.7. The lowest BCUT2D eigenvalue weighted by molar-refractivity contribution is -0.175. The van der Waals surface area contributed by atoms with E-state index in [1.165, 1.54) is 0 Å². The summed E-state index contributed by atoms with van der Waals surface area (Å²) in [7, 11) is 0. The number of ketones is 1. The molecule has 0 bridgehead atoms. The predicted octanol–water partition coefficient (Wildman–Crippen LogP) is 7.47. The van der Waals surface area contributed by atoms with Gasteiger partial charge in [0.15, 0.2) is 0 Å². The molecule has 0 radical (unpaired) electrons. The third-order valence-electron chi connectivity index (χ3n) is 8.17. The number of hydrogen-bond acceptors (Lipinski definition) is 4. The molecular formula is C28H36Cl3FO4. The molecule has 2 aliphatic carbocycles. The van der Waals surface area contributed by atoms with Gasteiger partial charge < -0.3 is 9.47 Å². The summed E-state index contributed by atoms with van der Waals surface area (Å²) >= 11 is 17.1. The predicted molar refractivity (Wildman–Crippen MR) is 142 cm³/mol. The van der Waals surface area contributed by atoms with E-state index in [1.807, 2.05) is 38.1 Å². The smallest absolute Gasteiger partial charge is 0.314 e. The van der Waals surface area contributed by atoms with E-state index < -0.39 is 26.9 Å². The first-order chi connectivity index (χ1) is 16.7. The Morgan fingerprint density at radius 1 is 1.17 bits per heavy atom. The molecule has 0 saturated heterocycles. The summed E-state index contributed by atoms with van der Waals surface area (Å²) in [5, 5.41) is 0. The van der Waals surface area contributed by atoms with Crippen LogP contribution in [0.5, 0.6) is 0 Å². The SMILES string of the molecule is CC(CCOC(C)(C)C(C)(C)C(=O)OCC(Cl)(Cl)Cl)[C@@H]1C(=O)CC2C(C=CC(F)c3ccccc3)C21. The molecule has 2 saturated carbocycles. The second-order valence-electron chi connectivity index (χ2n) is 11.2. The fourth-order valence-corrected chi connectivity index (χ4v) is 5.33. The van der Waals surface area contributed by atoms with Crippen molar-refractivity contribution in [3.8, 4) is 0 Å². The highest BCUT2D eigenvalue weighted by Crippen LogP contribution is 2.62. The maximum absolute atomic E-state index is 14.5. The van der Waals surface area contributed by atoms with Crippen LogP contribution >= 0.6 is 34.8 Å². The molecule has 1 aromatic carbocycles. The van der Waals surface area contributed by atoms with E-state index in [0.717, 1.165) is 0 Å². The molecule has 2 aliphatic rings. The van der Waals surface area contributed by atoms with Crippen LogP contribution in [-0.4, -0.2) is 34.4 Å². The Kier molecular flexibility index (Phi) is 9.24. The fraction of sp³-hybridized carbons (Fsp3) is 0.643. The van der Waals surface area contributed by atoms with Gasteiger partial charge in [-0.25, -0.2) is 4.39 Å². The van der Waals surface area contributed by atoms with Crippen LogP contribution in [0.25, 0.3) is 0 Å². The van der Waals surface area contributed by atoms with Crippen molar-refractivity contribution in [2.75, 3.05) is 13.2 Å². The summed E-state index contributed by atoms with van der Waals surface area (Å²) in [4.78, 5) is 25.3. The number of allylic oxidation sites excluding steroid dienone is 2. The van der Waals surface area contributed by atoms with Crippen LogP contribution in [0, 0.1) is 35.0 Å². The Morgan fingerprint density at radius 3 is 2.42 bits per heavy atom. The number of rotatable bonds is 11. The summed E-state index contributed by atoms with van der Waals surface area (Å²) in [5.74, 6) is 0.680. The van der Waals surface area contributed by atoms with Crippen molar-refractivity contribution >= 4 is 46.6 Å². The molecule has 8 heteroatoms. The van der Waals surface area contributed by atoms with E-state index in [2.05, 4.69) is 6.92 Å². The largest absolute Gasteiger partial charge is 0.461 e. The van der Waals surface area contributed by atoms with E-state index in [9.17, 15) is 14.0 Å². The van der Waals surface area contributed by atoms with Gasteiger partial charge in [0.1, 0.15) is 18.6 Å². The normalized spacial score (nSPS) is 26.1. The highest BCUT2D eigenvalue weighted by molar-refractivity contribution is 6.67. The van der Waals surface area contributed by atoms with Crippen LogP contribution in [0.4, 0.5) is 4.39 Å². The average Bonchev–Trinajstić information content (AvgIpc) is 3.33. The molecular weight excluding hydrogens is 526 g/mol. The monoisotopic (exact) mass is 560 g/mol. The molecule has 0 spiro atoms. The molecule has 0 amide bonds. The zero-order chi connectivity index (χ0) is 26.9. The topological polar surface area (TPSA) is 52.6 Å². The number of hydrogen-bond donors (Lipinski definition) is 0. The van der Waals surface area contributed by atoms with Crippen LogP contribution < -0.4 is 0 Å². The van der Waals surface area contributed by atoms with E-state index in [0.29, 0.717) is 30.9 Å². The Hall–Kier alpha value is -1.14. The minimum Gasteiger partial charge on any atom is -0.461 e. The van der Waals surface area contributed by atoms with Gasteiger partial charge in [-0.2, -0.15) is 0 Å². The van der Waals surface area contributed by atoms with Crippen LogP contribution in [0.15, 0.2) is 42.5 Å². The maximum atomic E-state index is 14.5. The number of ether oxygens (including phenoxy) is 2. The minimum absolute atomic E-state index is 0.0478. The third kappa shape index (κ3) is 6.83. The second-order valence-corrected chi connectivity index (χ2v) is 13.7. The molecule has 0 N–H and O–H groups in total. The molecule has 0 aliphatic heterocycles. The number of benzene rings is 1. The van der Waals surface area contributed by atoms with Crippen molar-refractivity contribution in [1.82, 2.24) is 0 Å². The van der Waals surface area contributed by atoms with Gasteiger partial charge in [-0.1, -0.05) is 78.1 Å². The molecule has 0 heterocycles. The highest BCUT2D eigenvalue weighted by Gasteiger charge is 2.61. The van der Waals surface area contributed by atoms with Crippen LogP contribution in [0.1, 0.15) is 59.2 Å². The van der Waals surface area contributed by atoms with E-state index >= 15 is 0 Å². The standard InChI is InChI=1S/C28H36Cl3FO4/c1-17(13-14-36-27(4,5)26(2,3)25(34)35-16-28(29,30)31)23-22(33)15-20-19(24(20)23)11-12-21(32)18-9-7-6-8-10-18/h6-12,17,19-21,23-24H,13-16H2,1-5H3/t17?,19?,20?,21?,23-,24?/m1/s1. The molecule has 5 unspecified atom stereocenters. The first-order valence-electron chi connectivity index (χ1n) is 12.4. The van der Waals surface area contributed by atoms with Gasteiger partial charge in [-0.3, -0.25) is 9.59 Å². The number of carbonyl (C=O) groups is 2. The average molecular weight is 562 g/mol. The first-order valence-corrected chi connectivity index (χ1v) is 13.6. The molecule has 0 aromatic heterocycles. The van der Waals surface area contributed by atoms with Gasteiger partial charge in [-0.05, 0) is 69.4 Å². The first kappa shape index (κ1) is 29.4. The Bertz CT molecular complexity index is 957. The van der Waals surface area contributed by atoms with Crippen molar-refractivity contribution in [3.05, 3.63) is 48.0 Å². The summed E-state index contributed by atoms with van der Waals surface area (Å²) in [5.41, 5.74) is -1.20. The van der Waals surface area contributed by atoms with Gasteiger partial charge >= 0.3 is 5.97 Å². The van der Waals surface area contributed by atoms with E-state index in [-0.39, 0.29) is 36.1 Å². The van der Waals surface area contributed by atoms with E-state index in [1.54, 1.807) is 32.1 Å². The number of alkyl halides is 4. The van der Waals surface area contributed by atoms with Crippen molar-refractivity contribution in [2.45, 2.75) is 63.0 Å². The van der Waals surface area contributed by atoms with Gasteiger partial charge in [0.05, 0.1) is 11.0 Å². The maximum Gasteiger partial charge on any atom is 0.314 e. The Balaban J connectivity index is 1.51. The number of halogens is 4. The van der Waals surface area contributed by atoms with Gasteiger partial charge in [0.2, 0.25) is 3.79 Å². The van der Waals surface area contributed by atoms with Gasteiger partial charge in [-0.15, -0.1) is 0 Å². The minimum atomic E-state index is -1.68. The Morgan fingerprint density at radius 2 is 1.81 bits per heavy atom. The Labute approximate surface area is 228 Å². The summed E-state index contributed by atoms with van der Waals surface area (Å²) < 4.78 is 24.2. The lowest BCUT2D eigenvalue weighted by Gasteiger charge is -2.39. The number of esters is 1. The molecule has 3 rings (SSSR count). The summed E-state index contributed by atoms with van der Waals surface area (Å²) in [6.45, 7) is 9.23. The second kappa shape index (κ2) is 11.3. The fourth-order valence-electron chi connectivity index (χ4n) is 5.16. The van der Waals surface area contributed by atoms with Crippen LogP contribution in [0.3, 0.4) is 0 Å². The molecule has 36 heavy (non-hydrogen) atoms. The lowest BCUT2D eigenvalue weighted by Crippen LogP contribution is -2.48. The lowest BCUT2D eigenvalue weighted by atomic mass is 9.77. The molecule has 200 valence electrons. The molecule has 1 aromatic rings. The van der Waals surface area contributed by atoms with Crippen molar-refractivity contribution in [1.29, 1.82) is 0 Å².